The molecule has 2 aromatic rings. The molecule has 0 aliphatic rings. The Balaban J connectivity index is 2.58. The summed E-state index contributed by atoms with van der Waals surface area (Å²) >= 11 is 5.75. The highest BCUT2D eigenvalue weighted by molar-refractivity contribution is 6.17. The van der Waals surface area contributed by atoms with Crippen molar-refractivity contribution < 1.29 is 9.18 Å². The molecule has 102 valence electrons. The first-order chi connectivity index (χ1) is 9.04. The van der Waals surface area contributed by atoms with Crippen LogP contribution in [0.15, 0.2) is 18.2 Å². The van der Waals surface area contributed by atoms with Crippen molar-refractivity contribution in [1.82, 2.24) is 9.55 Å². The molecular formula is C13H15ClFN3O. The number of aryl methyl sites for hydroxylation is 1. The average Bonchev–Trinajstić information content (AvgIpc) is 2.68. The number of primary amides is 1. The molecule has 19 heavy (non-hydrogen) atoms. The van der Waals surface area contributed by atoms with E-state index in [1.807, 2.05) is 11.5 Å². The molecule has 0 saturated carbocycles. The molecule has 1 unspecified atom stereocenters. The number of nitrogens with zero attached hydrogens (tertiary/aromatic N) is 2. The fourth-order valence-corrected chi connectivity index (χ4v) is 2.44. The quantitative estimate of drug-likeness (QED) is 0.857. The van der Waals surface area contributed by atoms with Gasteiger partial charge in [0, 0.05) is 24.8 Å². The number of alkyl halides is 1. The number of aromatic nitrogens is 2. The van der Waals surface area contributed by atoms with E-state index in [1.165, 1.54) is 6.07 Å². The van der Waals surface area contributed by atoms with Crippen molar-refractivity contribution >= 4 is 28.5 Å². The van der Waals surface area contributed by atoms with Crippen molar-refractivity contribution in [3.63, 3.8) is 0 Å². The second-order valence-corrected chi connectivity index (χ2v) is 4.84. The minimum absolute atomic E-state index is 0.178. The lowest BCUT2D eigenvalue weighted by Gasteiger charge is -2.15. The van der Waals surface area contributed by atoms with Gasteiger partial charge in [0.2, 0.25) is 5.91 Å². The van der Waals surface area contributed by atoms with Gasteiger partial charge < -0.3 is 10.3 Å². The van der Waals surface area contributed by atoms with Crippen LogP contribution in [0.25, 0.3) is 11.0 Å². The van der Waals surface area contributed by atoms with E-state index in [-0.39, 0.29) is 18.3 Å². The molecule has 0 radical (unpaired) electrons. The Morgan fingerprint density at radius 3 is 2.95 bits per heavy atom. The molecular weight excluding hydrogens is 269 g/mol. The molecule has 1 amide bonds. The Bertz CT molecular complexity index is 611. The summed E-state index contributed by atoms with van der Waals surface area (Å²) in [5.41, 5.74) is 6.19. The van der Waals surface area contributed by atoms with Crippen LogP contribution >= 0.6 is 11.6 Å². The Morgan fingerprint density at radius 2 is 2.32 bits per heavy atom. The van der Waals surface area contributed by atoms with E-state index in [9.17, 15) is 9.18 Å². The van der Waals surface area contributed by atoms with E-state index < -0.39 is 5.91 Å². The van der Waals surface area contributed by atoms with Gasteiger partial charge in [0.1, 0.15) is 11.3 Å². The van der Waals surface area contributed by atoms with Gasteiger partial charge in [-0.1, -0.05) is 6.07 Å². The van der Waals surface area contributed by atoms with Gasteiger partial charge in [-0.05, 0) is 19.1 Å². The molecule has 6 heteroatoms. The predicted octanol–water partition coefficient (Wildman–Crippen LogP) is 2.39. The maximum Gasteiger partial charge on any atom is 0.219 e. The zero-order valence-corrected chi connectivity index (χ0v) is 11.3. The smallest absolute Gasteiger partial charge is 0.219 e. The zero-order valence-electron chi connectivity index (χ0n) is 10.6. The number of hydrogen-bond acceptors (Lipinski definition) is 2. The number of carbonyl (C=O) groups excluding carboxylic acids is 1. The minimum Gasteiger partial charge on any atom is -0.370 e. The van der Waals surface area contributed by atoms with Gasteiger partial charge in [-0.2, -0.15) is 0 Å². The number of benzene rings is 1. The third kappa shape index (κ3) is 2.71. The van der Waals surface area contributed by atoms with Crippen LogP contribution in [0, 0.1) is 5.82 Å². The molecule has 2 N–H and O–H groups in total. The highest BCUT2D eigenvalue weighted by atomic mass is 35.5. The first kappa shape index (κ1) is 13.8. The van der Waals surface area contributed by atoms with Gasteiger partial charge in [-0.3, -0.25) is 4.79 Å². The molecule has 0 saturated heterocycles. The van der Waals surface area contributed by atoms with Crippen molar-refractivity contribution in [1.29, 1.82) is 0 Å². The Morgan fingerprint density at radius 1 is 1.58 bits per heavy atom. The highest BCUT2D eigenvalue weighted by Gasteiger charge is 2.18. The summed E-state index contributed by atoms with van der Waals surface area (Å²) in [6.07, 6.45) is 0.691. The van der Waals surface area contributed by atoms with Crippen LogP contribution in [0.4, 0.5) is 4.39 Å². The second-order valence-electron chi connectivity index (χ2n) is 4.46. The van der Waals surface area contributed by atoms with Crippen LogP contribution in [-0.2, 0) is 11.2 Å². The molecule has 1 heterocycles. The third-order valence-electron chi connectivity index (χ3n) is 3.00. The van der Waals surface area contributed by atoms with Gasteiger partial charge >= 0.3 is 0 Å². The maximum absolute atomic E-state index is 13.7. The third-order valence-corrected chi connectivity index (χ3v) is 3.19. The summed E-state index contributed by atoms with van der Waals surface area (Å²) in [5, 5.41) is 0. The SMILES string of the molecule is CC(CC(N)=O)n1c(CCCl)nc2c(F)cccc21. The molecule has 0 aliphatic carbocycles. The van der Waals surface area contributed by atoms with E-state index in [4.69, 9.17) is 17.3 Å². The maximum atomic E-state index is 13.7. The summed E-state index contributed by atoms with van der Waals surface area (Å²) in [6.45, 7) is 1.86. The lowest BCUT2D eigenvalue weighted by atomic mass is 10.2. The van der Waals surface area contributed by atoms with Crippen molar-refractivity contribution in [2.75, 3.05) is 5.88 Å². The molecule has 0 spiro atoms. The van der Waals surface area contributed by atoms with Gasteiger partial charge in [0.25, 0.3) is 0 Å². The average molecular weight is 284 g/mol. The fourth-order valence-electron chi connectivity index (χ4n) is 2.27. The zero-order chi connectivity index (χ0) is 14.0. The molecule has 1 aromatic heterocycles. The van der Waals surface area contributed by atoms with Crippen molar-refractivity contribution in [3.05, 3.63) is 29.8 Å². The Labute approximate surface area is 115 Å². The molecule has 4 nitrogen and oxygen atoms in total. The lowest BCUT2D eigenvalue weighted by Crippen LogP contribution is -2.19. The number of carbonyl (C=O) groups is 1. The summed E-state index contributed by atoms with van der Waals surface area (Å²) in [7, 11) is 0. The van der Waals surface area contributed by atoms with Crippen molar-refractivity contribution in [3.8, 4) is 0 Å². The summed E-state index contributed by atoms with van der Waals surface area (Å²) in [6, 6.07) is 4.59. The Kier molecular flexibility index (Phi) is 4.04. The van der Waals surface area contributed by atoms with Gasteiger partial charge in [-0.15, -0.1) is 11.6 Å². The number of nitrogens with two attached hydrogens (primary N) is 1. The van der Waals surface area contributed by atoms with Crippen LogP contribution in [0.5, 0.6) is 0 Å². The van der Waals surface area contributed by atoms with Gasteiger partial charge in [0.15, 0.2) is 5.82 Å². The topological polar surface area (TPSA) is 60.9 Å². The summed E-state index contributed by atoms with van der Waals surface area (Å²) < 4.78 is 15.6. The molecule has 0 bridgehead atoms. The predicted molar refractivity (Wildman–Crippen MR) is 72.6 cm³/mol. The van der Waals surface area contributed by atoms with E-state index in [0.717, 1.165) is 0 Å². The number of imidazole rings is 1. The number of rotatable bonds is 5. The molecule has 0 aliphatic heterocycles. The van der Waals surface area contributed by atoms with Crippen LogP contribution in [0.3, 0.4) is 0 Å². The normalized spacial score (nSPS) is 12.8. The molecule has 0 fully saturated rings. The van der Waals surface area contributed by atoms with Crippen LogP contribution in [0.1, 0.15) is 25.2 Å². The summed E-state index contributed by atoms with van der Waals surface area (Å²) in [5.74, 6) is 0.276. The van der Waals surface area contributed by atoms with E-state index >= 15 is 0 Å². The first-order valence-corrected chi connectivity index (χ1v) is 6.57. The van der Waals surface area contributed by atoms with Crippen LogP contribution in [0.2, 0.25) is 0 Å². The molecule has 2 rings (SSSR count). The fraction of sp³-hybridized carbons (Fsp3) is 0.385. The Hall–Kier alpha value is -1.62. The number of amides is 1. The molecule has 1 aromatic carbocycles. The van der Waals surface area contributed by atoms with Crippen molar-refractivity contribution in [2.24, 2.45) is 5.73 Å². The first-order valence-electron chi connectivity index (χ1n) is 6.04. The number of halogens is 2. The number of hydrogen-bond donors (Lipinski definition) is 1. The summed E-state index contributed by atoms with van der Waals surface area (Å²) in [4.78, 5) is 15.3. The highest BCUT2D eigenvalue weighted by Crippen LogP contribution is 2.25. The van der Waals surface area contributed by atoms with Gasteiger partial charge in [0.05, 0.1) is 5.52 Å². The van der Waals surface area contributed by atoms with E-state index in [1.54, 1.807) is 12.1 Å². The second kappa shape index (κ2) is 5.57. The van der Waals surface area contributed by atoms with Crippen LogP contribution < -0.4 is 5.73 Å². The van der Waals surface area contributed by atoms with E-state index in [0.29, 0.717) is 29.2 Å². The minimum atomic E-state index is -0.400. The monoisotopic (exact) mass is 283 g/mol. The number of para-hydroxylation sites is 1. The standard InChI is InChI=1S/C13H15ClFN3O/c1-8(7-11(16)19)18-10-4-2-3-9(15)13(10)17-12(18)5-6-14/h2-4,8H,5-7H2,1H3,(H2,16,19). The van der Waals surface area contributed by atoms with Crippen molar-refractivity contribution in [2.45, 2.75) is 25.8 Å². The number of fused-ring (bicyclic) bond motifs is 1. The van der Waals surface area contributed by atoms with E-state index in [2.05, 4.69) is 4.98 Å². The largest absolute Gasteiger partial charge is 0.370 e. The molecule has 1 atom stereocenters. The van der Waals surface area contributed by atoms with Crippen LogP contribution in [-0.4, -0.2) is 21.3 Å². The lowest BCUT2D eigenvalue weighted by molar-refractivity contribution is -0.118. The van der Waals surface area contributed by atoms with Gasteiger partial charge in [-0.25, -0.2) is 9.37 Å².